The van der Waals surface area contributed by atoms with Gasteiger partial charge in [-0.2, -0.15) is 5.10 Å². The second-order valence-electron chi connectivity index (χ2n) is 2.54. The van der Waals surface area contributed by atoms with Crippen molar-refractivity contribution in [3.63, 3.8) is 0 Å². The SMILES string of the molecule is CC(Br)/C=C/c1c(Br)cnn1C. The van der Waals surface area contributed by atoms with Crippen molar-refractivity contribution in [2.45, 2.75) is 11.8 Å². The quantitative estimate of drug-likeness (QED) is 0.767. The van der Waals surface area contributed by atoms with Crippen LogP contribution in [0.15, 0.2) is 16.7 Å². The zero-order chi connectivity index (χ0) is 9.14. The first-order chi connectivity index (χ1) is 5.61. The molecule has 2 nitrogen and oxygen atoms in total. The van der Waals surface area contributed by atoms with Gasteiger partial charge in [-0.25, -0.2) is 0 Å². The molecule has 1 unspecified atom stereocenters. The number of hydrogen-bond acceptors (Lipinski definition) is 1. The van der Waals surface area contributed by atoms with Crippen LogP contribution in [0.4, 0.5) is 0 Å². The Bertz CT molecular complexity index is 270. The predicted octanol–water partition coefficient (Wildman–Crippen LogP) is 2.98. The summed E-state index contributed by atoms with van der Waals surface area (Å²) in [5.74, 6) is 0. The molecular weight excluding hydrogens is 284 g/mol. The monoisotopic (exact) mass is 292 g/mol. The zero-order valence-electron chi connectivity index (χ0n) is 6.96. The Morgan fingerprint density at radius 2 is 2.33 bits per heavy atom. The lowest BCUT2D eigenvalue weighted by molar-refractivity contribution is 0.759. The van der Waals surface area contributed by atoms with Crippen LogP contribution in [-0.2, 0) is 7.05 Å². The molecular formula is C8H10Br2N2. The van der Waals surface area contributed by atoms with Gasteiger partial charge in [-0.05, 0) is 28.9 Å². The highest BCUT2D eigenvalue weighted by molar-refractivity contribution is 9.10. The number of halogens is 2. The van der Waals surface area contributed by atoms with E-state index in [2.05, 4.69) is 50.0 Å². The molecule has 1 rings (SSSR count). The number of hydrogen-bond donors (Lipinski definition) is 0. The minimum atomic E-state index is 0.388. The van der Waals surface area contributed by atoms with Crippen molar-refractivity contribution in [1.82, 2.24) is 9.78 Å². The first-order valence-electron chi connectivity index (χ1n) is 3.61. The van der Waals surface area contributed by atoms with E-state index in [9.17, 15) is 0 Å². The van der Waals surface area contributed by atoms with Crippen LogP contribution in [0.25, 0.3) is 6.08 Å². The fourth-order valence-electron chi connectivity index (χ4n) is 0.831. The molecule has 1 aromatic rings. The summed E-state index contributed by atoms with van der Waals surface area (Å²) in [6.45, 7) is 2.07. The Labute approximate surface area is 88.9 Å². The minimum Gasteiger partial charge on any atom is -0.267 e. The topological polar surface area (TPSA) is 17.8 Å². The second kappa shape index (κ2) is 4.23. The van der Waals surface area contributed by atoms with E-state index in [1.807, 2.05) is 17.8 Å². The third-order valence-electron chi connectivity index (χ3n) is 1.46. The molecule has 0 bridgehead atoms. The summed E-state index contributed by atoms with van der Waals surface area (Å²) in [5, 5.41) is 4.10. The van der Waals surface area contributed by atoms with Gasteiger partial charge in [0.2, 0.25) is 0 Å². The lowest BCUT2D eigenvalue weighted by Crippen LogP contribution is -1.93. The average molecular weight is 294 g/mol. The number of aromatic nitrogens is 2. The van der Waals surface area contributed by atoms with Crippen molar-refractivity contribution in [3.05, 3.63) is 22.4 Å². The van der Waals surface area contributed by atoms with Crippen LogP contribution in [0.3, 0.4) is 0 Å². The van der Waals surface area contributed by atoms with Gasteiger partial charge >= 0.3 is 0 Å². The van der Waals surface area contributed by atoms with E-state index in [4.69, 9.17) is 0 Å². The highest BCUT2D eigenvalue weighted by atomic mass is 79.9. The van der Waals surface area contributed by atoms with Crippen molar-refractivity contribution < 1.29 is 0 Å². The van der Waals surface area contributed by atoms with E-state index in [0.717, 1.165) is 10.2 Å². The summed E-state index contributed by atoms with van der Waals surface area (Å²) >= 11 is 6.85. The summed E-state index contributed by atoms with van der Waals surface area (Å²) < 4.78 is 2.85. The molecule has 0 saturated heterocycles. The van der Waals surface area contributed by atoms with E-state index >= 15 is 0 Å². The molecule has 12 heavy (non-hydrogen) atoms. The Hall–Kier alpha value is -0.0900. The number of nitrogens with zero attached hydrogens (tertiary/aromatic N) is 2. The summed E-state index contributed by atoms with van der Waals surface area (Å²) in [6, 6.07) is 0. The highest BCUT2D eigenvalue weighted by Crippen LogP contribution is 2.17. The molecule has 0 aliphatic heterocycles. The van der Waals surface area contributed by atoms with Crippen molar-refractivity contribution >= 4 is 37.9 Å². The van der Waals surface area contributed by atoms with E-state index in [1.54, 1.807) is 6.20 Å². The minimum absolute atomic E-state index is 0.388. The molecule has 1 heterocycles. The van der Waals surface area contributed by atoms with Gasteiger partial charge in [-0.3, -0.25) is 4.68 Å². The number of alkyl halides is 1. The summed E-state index contributed by atoms with van der Waals surface area (Å²) in [7, 11) is 1.92. The molecule has 1 atom stereocenters. The van der Waals surface area contributed by atoms with Gasteiger partial charge in [0, 0.05) is 11.9 Å². The molecule has 66 valence electrons. The maximum atomic E-state index is 4.10. The van der Waals surface area contributed by atoms with Crippen LogP contribution in [0.2, 0.25) is 0 Å². The second-order valence-corrected chi connectivity index (χ2v) is 4.84. The molecule has 0 radical (unpaired) electrons. The summed E-state index contributed by atoms with van der Waals surface area (Å²) in [4.78, 5) is 0.388. The number of aryl methyl sites for hydroxylation is 1. The molecule has 1 aromatic heterocycles. The Morgan fingerprint density at radius 1 is 1.67 bits per heavy atom. The first-order valence-corrected chi connectivity index (χ1v) is 5.32. The Balaban J connectivity index is 2.87. The van der Waals surface area contributed by atoms with E-state index in [-0.39, 0.29) is 0 Å². The van der Waals surface area contributed by atoms with Gasteiger partial charge in [-0.1, -0.05) is 22.0 Å². The first kappa shape index (κ1) is 9.99. The van der Waals surface area contributed by atoms with Gasteiger partial charge in [-0.15, -0.1) is 0 Å². The van der Waals surface area contributed by atoms with E-state index in [0.29, 0.717) is 4.83 Å². The largest absolute Gasteiger partial charge is 0.267 e. The zero-order valence-corrected chi connectivity index (χ0v) is 10.1. The molecule has 0 saturated carbocycles. The van der Waals surface area contributed by atoms with Crippen LogP contribution in [0.1, 0.15) is 12.6 Å². The normalized spacial score (nSPS) is 14.0. The van der Waals surface area contributed by atoms with Gasteiger partial charge in [0.25, 0.3) is 0 Å². The van der Waals surface area contributed by atoms with E-state index < -0.39 is 0 Å². The van der Waals surface area contributed by atoms with Crippen molar-refractivity contribution in [3.8, 4) is 0 Å². The summed E-state index contributed by atoms with van der Waals surface area (Å²) in [6.07, 6.45) is 5.90. The van der Waals surface area contributed by atoms with Gasteiger partial charge < -0.3 is 0 Å². The lowest BCUT2D eigenvalue weighted by atomic mass is 10.3. The van der Waals surface area contributed by atoms with Crippen molar-refractivity contribution in [2.75, 3.05) is 0 Å². The van der Waals surface area contributed by atoms with Crippen molar-refractivity contribution in [2.24, 2.45) is 7.05 Å². The van der Waals surface area contributed by atoms with Crippen molar-refractivity contribution in [1.29, 1.82) is 0 Å². The predicted molar refractivity (Wildman–Crippen MR) is 58.3 cm³/mol. The van der Waals surface area contributed by atoms with Gasteiger partial charge in [0.05, 0.1) is 16.4 Å². The molecule has 0 amide bonds. The van der Waals surface area contributed by atoms with Crippen LogP contribution in [0.5, 0.6) is 0 Å². The third-order valence-corrected chi connectivity index (χ3v) is 2.37. The summed E-state index contributed by atoms with van der Waals surface area (Å²) in [5.41, 5.74) is 1.08. The molecule has 0 fully saturated rings. The fraction of sp³-hybridized carbons (Fsp3) is 0.375. The van der Waals surface area contributed by atoms with Crippen LogP contribution in [0, 0.1) is 0 Å². The standard InChI is InChI=1S/C8H10Br2N2/c1-6(9)3-4-8-7(10)5-11-12(8)2/h3-6H,1-2H3/b4-3+. The number of rotatable bonds is 2. The third kappa shape index (κ3) is 2.45. The van der Waals surface area contributed by atoms with Gasteiger partial charge in [0.1, 0.15) is 0 Å². The lowest BCUT2D eigenvalue weighted by Gasteiger charge is -1.96. The maximum Gasteiger partial charge on any atom is 0.0746 e. The Kier molecular flexibility index (Phi) is 3.53. The molecule has 0 aliphatic rings. The molecule has 0 aromatic carbocycles. The van der Waals surface area contributed by atoms with Gasteiger partial charge in [0.15, 0.2) is 0 Å². The number of allylic oxidation sites excluding steroid dienone is 1. The molecule has 0 spiro atoms. The Morgan fingerprint density at radius 3 is 2.75 bits per heavy atom. The fourth-order valence-corrected chi connectivity index (χ4v) is 1.46. The highest BCUT2D eigenvalue weighted by Gasteiger charge is 2.00. The maximum absolute atomic E-state index is 4.10. The van der Waals surface area contributed by atoms with Crippen LogP contribution < -0.4 is 0 Å². The molecule has 4 heteroatoms. The van der Waals surface area contributed by atoms with Crippen LogP contribution in [-0.4, -0.2) is 14.6 Å². The molecule has 0 N–H and O–H groups in total. The van der Waals surface area contributed by atoms with Crippen LogP contribution >= 0.6 is 31.9 Å². The average Bonchev–Trinajstić information content (AvgIpc) is 2.28. The smallest absolute Gasteiger partial charge is 0.0746 e. The van der Waals surface area contributed by atoms with E-state index in [1.165, 1.54) is 0 Å². The molecule has 0 aliphatic carbocycles.